The van der Waals surface area contributed by atoms with E-state index in [0.29, 0.717) is 12.0 Å². The minimum absolute atomic E-state index is 0.447. The van der Waals surface area contributed by atoms with Crippen LogP contribution in [0.2, 0.25) is 0 Å². The number of rotatable bonds is 6. The van der Waals surface area contributed by atoms with Gasteiger partial charge in [0.15, 0.2) is 0 Å². The van der Waals surface area contributed by atoms with E-state index in [-0.39, 0.29) is 0 Å². The number of carbonyl (C=O) groups excluding carboxylic acids is 2. The van der Waals surface area contributed by atoms with Crippen molar-refractivity contribution in [2.45, 2.75) is 39.4 Å². The Kier molecular flexibility index (Phi) is 5.91. The number of ether oxygens (including phenoxy) is 2. The first-order chi connectivity index (χ1) is 8.63. The van der Waals surface area contributed by atoms with Gasteiger partial charge in [0, 0.05) is 13.3 Å². The molecule has 0 fully saturated rings. The molecule has 0 spiro atoms. The van der Waals surface area contributed by atoms with Gasteiger partial charge in [-0.05, 0) is 18.6 Å². The van der Waals surface area contributed by atoms with Crippen LogP contribution in [0, 0.1) is 0 Å². The maximum atomic E-state index is 11.8. The van der Waals surface area contributed by atoms with Gasteiger partial charge >= 0.3 is 11.9 Å². The van der Waals surface area contributed by atoms with Gasteiger partial charge in [0.2, 0.25) is 6.29 Å². The van der Waals surface area contributed by atoms with Crippen LogP contribution >= 0.6 is 0 Å². The van der Waals surface area contributed by atoms with Crippen LogP contribution in [0.1, 0.15) is 43.5 Å². The maximum absolute atomic E-state index is 11.8. The summed E-state index contributed by atoms with van der Waals surface area (Å²) < 4.78 is 10.1. The Labute approximate surface area is 107 Å². The Morgan fingerprint density at radius 2 is 1.83 bits per heavy atom. The second-order valence-electron chi connectivity index (χ2n) is 3.95. The van der Waals surface area contributed by atoms with Crippen molar-refractivity contribution in [3.05, 3.63) is 35.9 Å². The zero-order valence-electron chi connectivity index (χ0n) is 10.7. The molecule has 1 aromatic carbocycles. The second kappa shape index (κ2) is 7.48. The summed E-state index contributed by atoms with van der Waals surface area (Å²) in [5.74, 6) is -0.921. The molecule has 0 aliphatic heterocycles. The van der Waals surface area contributed by atoms with Gasteiger partial charge in [-0.25, -0.2) is 4.79 Å². The Morgan fingerprint density at radius 3 is 2.39 bits per heavy atom. The summed E-state index contributed by atoms with van der Waals surface area (Å²) in [7, 11) is 0. The molecular formula is C14H18O4. The van der Waals surface area contributed by atoms with Crippen LogP contribution in [0.4, 0.5) is 0 Å². The normalized spacial score (nSPS) is 11.7. The molecule has 0 N–H and O–H groups in total. The molecule has 0 radical (unpaired) electrons. The third kappa shape index (κ3) is 4.99. The van der Waals surface area contributed by atoms with E-state index in [1.54, 1.807) is 24.3 Å². The lowest BCUT2D eigenvalue weighted by Crippen LogP contribution is -2.23. The summed E-state index contributed by atoms with van der Waals surface area (Å²) in [6.07, 6.45) is 1.50. The van der Waals surface area contributed by atoms with E-state index in [0.717, 1.165) is 12.8 Å². The zero-order valence-corrected chi connectivity index (χ0v) is 10.7. The lowest BCUT2D eigenvalue weighted by atomic mass is 10.2. The van der Waals surface area contributed by atoms with E-state index in [9.17, 15) is 9.59 Å². The van der Waals surface area contributed by atoms with E-state index in [4.69, 9.17) is 9.47 Å². The molecule has 4 heteroatoms. The monoisotopic (exact) mass is 250 g/mol. The van der Waals surface area contributed by atoms with Crippen LogP contribution < -0.4 is 0 Å². The molecule has 0 aromatic heterocycles. The number of hydrogen-bond acceptors (Lipinski definition) is 4. The molecule has 0 aliphatic carbocycles. The van der Waals surface area contributed by atoms with Crippen molar-refractivity contribution in [2.24, 2.45) is 0 Å². The smallest absolute Gasteiger partial charge is 0.341 e. The summed E-state index contributed by atoms with van der Waals surface area (Å²) in [5.41, 5.74) is 0.450. The van der Waals surface area contributed by atoms with Gasteiger partial charge in [-0.1, -0.05) is 31.5 Å². The van der Waals surface area contributed by atoms with E-state index < -0.39 is 18.2 Å². The van der Waals surface area contributed by atoms with E-state index in [1.807, 2.05) is 13.0 Å². The summed E-state index contributed by atoms with van der Waals surface area (Å²) >= 11 is 0. The molecule has 1 aromatic rings. The molecule has 0 saturated carbocycles. The average Bonchev–Trinajstić information content (AvgIpc) is 2.36. The fourth-order valence-corrected chi connectivity index (χ4v) is 1.46. The highest BCUT2D eigenvalue weighted by molar-refractivity contribution is 5.89. The van der Waals surface area contributed by atoms with Crippen LogP contribution in [0.15, 0.2) is 30.3 Å². The molecule has 0 heterocycles. The van der Waals surface area contributed by atoms with Gasteiger partial charge in [0.05, 0.1) is 5.56 Å². The number of esters is 2. The fraction of sp³-hybridized carbons (Fsp3) is 0.429. The Morgan fingerprint density at radius 1 is 1.17 bits per heavy atom. The molecule has 0 saturated heterocycles. The van der Waals surface area contributed by atoms with Gasteiger partial charge < -0.3 is 9.47 Å². The molecule has 1 unspecified atom stereocenters. The first kappa shape index (κ1) is 14.2. The number of hydrogen-bond donors (Lipinski definition) is 0. The van der Waals surface area contributed by atoms with Gasteiger partial charge in [-0.2, -0.15) is 0 Å². The van der Waals surface area contributed by atoms with Crippen molar-refractivity contribution >= 4 is 11.9 Å². The van der Waals surface area contributed by atoms with E-state index in [2.05, 4.69) is 0 Å². The van der Waals surface area contributed by atoms with Crippen molar-refractivity contribution < 1.29 is 19.1 Å². The molecular weight excluding hydrogens is 232 g/mol. The highest BCUT2D eigenvalue weighted by atomic mass is 16.7. The lowest BCUT2D eigenvalue weighted by molar-refractivity contribution is -0.166. The SMILES string of the molecule is CCCCC(OC(C)=O)OC(=O)c1ccccc1. The van der Waals surface area contributed by atoms with Crippen molar-refractivity contribution in [1.82, 2.24) is 0 Å². The quantitative estimate of drug-likeness (QED) is 0.575. The summed E-state index contributed by atoms with van der Waals surface area (Å²) in [6, 6.07) is 8.64. The Bertz CT molecular complexity index is 386. The van der Waals surface area contributed by atoms with E-state index in [1.165, 1.54) is 6.92 Å². The van der Waals surface area contributed by atoms with E-state index >= 15 is 0 Å². The lowest BCUT2D eigenvalue weighted by Gasteiger charge is -2.17. The maximum Gasteiger partial charge on any atom is 0.341 e. The highest BCUT2D eigenvalue weighted by Gasteiger charge is 2.17. The van der Waals surface area contributed by atoms with Crippen LogP contribution in [0.25, 0.3) is 0 Å². The molecule has 98 valence electrons. The molecule has 0 bridgehead atoms. The minimum atomic E-state index is -0.796. The Hall–Kier alpha value is -1.84. The molecule has 18 heavy (non-hydrogen) atoms. The minimum Gasteiger partial charge on any atom is -0.425 e. The fourth-order valence-electron chi connectivity index (χ4n) is 1.46. The molecule has 0 amide bonds. The molecule has 1 rings (SSSR count). The highest BCUT2D eigenvalue weighted by Crippen LogP contribution is 2.10. The molecule has 4 nitrogen and oxygen atoms in total. The third-order valence-electron chi connectivity index (χ3n) is 2.34. The largest absolute Gasteiger partial charge is 0.425 e. The van der Waals surface area contributed by atoms with Crippen LogP contribution in [-0.4, -0.2) is 18.2 Å². The van der Waals surface area contributed by atoms with Crippen molar-refractivity contribution in [3.63, 3.8) is 0 Å². The van der Waals surface area contributed by atoms with Gasteiger partial charge in [-0.15, -0.1) is 0 Å². The van der Waals surface area contributed by atoms with Crippen LogP contribution in [-0.2, 0) is 14.3 Å². The van der Waals surface area contributed by atoms with Crippen molar-refractivity contribution in [3.8, 4) is 0 Å². The number of benzene rings is 1. The van der Waals surface area contributed by atoms with Gasteiger partial charge in [0.1, 0.15) is 0 Å². The van der Waals surface area contributed by atoms with Crippen molar-refractivity contribution in [2.75, 3.05) is 0 Å². The van der Waals surface area contributed by atoms with Crippen LogP contribution in [0.5, 0.6) is 0 Å². The second-order valence-corrected chi connectivity index (χ2v) is 3.95. The number of carbonyl (C=O) groups is 2. The predicted octanol–water partition coefficient (Wildman–Crippen LogP) is 2.92. The molecule has 1 atom stereocenters. The zero-order chi connectivity index (χ0) is 13.4. The first-order valence-electron chi connectivity index (χ1n) is 6.06. The van der Waals surface area contributed by atoms with Gasteiger partial charge in [-0.3, -0.25) is 4.79 Å². The predicted molar refractivity (Wildman–Crippen MR) is 66.9 cm³/mol. The van der Waals surface area contributed by atoms with Crippen LogP contribution in [0.3, 0.4) is 0 Å². The van der Waals surface area contributed by atoms with Gasteiger partial charge in [0.25, 0.3) is 0 Å². The standard InChI is InChI=1S/C14H18O4/c1-3-4-10-13(17-11(2)15)18-14(16)12-8-6-5-7-9-12/h5-9,13H,3-4,10H2,1-2H3. The topological polar surface area (TPSA) is 52.6 Å². The first-order valence-corrected chi connectivity index (χ1v) is 6.06. The number of unbranched alkanes of at least 4 members (excludes halogenated alkanes) is 1. The summed E-state index contributed by atoms with van der Waals surface area (Å²) in [6.45, 7) is 3.32. The average molecular weight is 250 g/mol. The molecule has 0 aliphatic rings. The summed E-state index contributed by atoms with van der Waals surface area (Å²) in [5, 5.41) is 0. The van der Waals surface area contributed by atoms with Crippen molar-refractivity contribution in [1.29, 1.82) is 0 Å². The summed E-state index contributed by atoms with van der Waals surface area (Å²) in [4.78, 5) is 22.7. The Balaban J connectivity index is 2.59. The third-order valence-corrected chi connectivity index (χ3v) is 2.34.